The van der Waals surface area contributed by atoms with Gasteiger partial charge in [-0.2, -0.15) is 0 Å². The molecule has 1 fully saturated rings. The minimum Gasteiger partial charge on any atom is -0.493 e. The van der Waals surface area contributed by atoms with Crippen LogP contribution < -0.4 is 25.6 Å². The number of para-hydroxylation sites is 1. The number of ether oxygens (including phenoxy) is 2. The standard InChI is InChI=1S/C26H28N4O5/c1-15-12-18(15)25(32)27-11-10-24(31)29-30-26(33)19-14-21(28-20-7-5-4-6-17(19)20)16-8-9-22(34-2)23(13-16)35-3/h4-9,13-15,18H,10-12H2,1-3H3,(H,27,32)(H,29,31)(H,30,33). The molecule has 0 bridgehead atoms. The minimum atomic E-state index is -0.477. The molecule has 2 atom stereocenters. The van der Waals surface area contributed by atoms with Gasteiger partial charge in [0.05, 0.1) is 31.0 Å². The Labute approximate surface area is 203 Å². The van der Waals surface area contributed by atoms with E-state index in [1.54, 1.807) is 38.5 Å². The quantitative estimate of drug-likeness (QED) is 0.430. The highest BCUT2D eigenvalue weighted by atomic mass is 16.5. The summed E-state index contributed by atoms with van der Waals surface area (Å²) in [6.07, 6.45) is 0.945. The molecule has 3 N–H and O–H groups in total. The largest absolute Gasteiger partial charge is 0.493 e. The molecule has 3 amide bonds. The molecule has 1 aromatic heterocycles. The summed E-state index contributed by atoms with van der Waals surface area (Å²) in [6, 6.07) is 14.3. The van der Waals surface area contributed by atoms with Gasteiger partial charge in [-0.05, 0) is 42.7 Å². The molecule has 0 spiro atoms. The van der Waals surface area contributed by atoms with E-state index in [-0.39, 0.29) is 24.8 Å². The van der Waals surface area contributed by atoms with Crippen molar-refractivity contribution in [2.24, 2.45) is 11.8 Å². The molecule has 3 aromatic rings. The molecule has 2 aromatic carbocycles. The number of methoxy groups -OCH3 is 2. The van der Waals surface area contributed by atoms with Crippen LogP contribution in [-0.4, -0.2) is 43.5 Å². The smallest absolute Gasteiger partial charge is 0.270 e. The van der Waals surface area contributed by atoms with Crippen molar-refractivity contribution < 1.29 is 23.9 Å². The van der Waals surface area contributed by atoms with Gasteiger partial charge < -0.3 is 14.8 Å². The first kappa shape index (κ1) is 24.0. The van der Waals surface area contributed by atoms with Crippen LogP contribution in [0.5, 0.6) is 11.5 Å². The lowest BCUT2D eigenvalue weighted by atomic mass is 10.0. The number of carbonyl (C=O) groups is 3. The van der Waals surface area contributed by atoms with Gasteiger partial charge in [0.2, 0.25) is 11.8 Å². The van der Waals surface area contributed by atoms with Crippen LogP contribution in [0.1, 0.15) is 30.1 Å². The zero-order chi connectivity index (χ0) is 24.9. The van der Waals surface area contributed by atoms with Crippen molar-refractivity contribution in [3.8, 4) is 22.8 Å². The van der Waals surface area contributed by atoms with Crippen molar-refractivity contribution in [3.63, 3.8) is 0 Å². The number of hydrogen-bond donors (Lipinski definition) is 3. The van der Waals surface area contributed by atoms with Gasteiger partial charge >= 0.3 is 0 Å². The number of benzene rings is 2. The molecule has 9 nitrogen and oxygen atoms in total. The molecule has 1 aliphatic rings. The van der Waals surface area contributed by atoms with Gasteiger partial charge in [-0.1, -0.05) is 25.1 Å². The first-order valence-corrected chi connectivity index (χ1v) is 11.4. The second kappa shape index (κ2) is 10.4. The third-order valence-corrected chi connectivity index (χ3v) is 6.05. The van der Waals surface area contributed by atoms with Crippen LogP contribution in [0.4, 0.5) is 0 Å². The van der Waals surface area contributed by atoms with E-state index < -0.39 is 11.8 Å². The topological polar surface area (TPSA) is 119 Å². The Kier molecular flexibility index (Phi) is 7.14. The van der Waals surface area contributed by atoms with Crippen molar-refractivity contribution in [3.05, 3.63) is 54.1 Å². The average molecular weight is 477 g/mol. The monoisotopic (exact) mass is 476 g/mol. The highest BCUT2D eigenvalue weighted by Gasteiger charge is 2.38. The number of hydrazine groups is 1. The molecule has 35 heavy (non-hydrogen) atoms. The molecule has 0 aliphatic heterocycles. The van der Waals surface area contributed by atoms with Crippen molar-refractivity contribution in [2.75, 3.05) is 20.8 Å². The summed E-state index contributed by atoms with van der Waals surface area (Å²) < 4.78 is 10.7. The van der Waals surface area contributed by atoms with Gasteiger partial charge in [-0.3, -0.25) is 25.2 Å². The van der Waals surface area contributed by atoms with E-state index in [9.17, 15) is 14.4 Å². The molecule has 4 rings (SSSR count). The number of nitrogens with one attached hydrogen (secondary N) is 3. The number of hydrogen-bond acceptors (Lipinski definition) is 6. The lowest BCUT2D eigenvalue weighted by Crippen LogP contribution is -2.43. The number of amides is 3. The summed E-state index contributed by atoms with van der Waals surface area (Å²) in [5.41, 5.74) is 7.19. The zero-order valence-electron chi connectivity index (χ0n) is 19.9. The van der Waals surface area contributed by atoms with E-state index in [1.807, 2.05) is 31.2 Å². The summed E-state index contributed by atoms with van der Waals surface area (Å²) in [6.45, 7) is 2.23. The van der Waals surface area contributed by atoms with E-state index in [0.717, 1.165) is 12.0 Å². The SMILES string of the molecule is COc1ccc(-c2cc(C(=O)NNC(=O)CCNC(=O)C3CC3C)c3ccccc3n2)cc1OC. The molecule has 1 aliphatic carbocycles. The van der Waals surface area contributed by atoms with Gasteiger partial charge in [-0.15, -0.1) is 0 Å². The Morgan fingerprint density at radius 1 is 1.00 bits per heavy atom. The molecule has 1 saturated carbocycles. The lowest BCUT2D eigenvalue weighted by molar-refractivity contribution is -0.123. The van der Waals surface area contributed by atoms with E-state index in [4.69, 9.17) is 14.5 Å². The Balaban J connectivity index is 1.47. The molecule has 0 radical (unpaired) electrons. The van der Waals surface area contributed by atoms with E-state index in [2.05, 4.69) is 16.2 Å². The first-order valence-electron chi connectivity index (χ1n) is 11.4. The Bertz CT molecular complexity index is 1280. The lowest BCUT2D eigenvalue weighted by Gasteiger charge is -2.13. The Morgan fingerprint density at radius 2 is 1.74 bits per heavy atom. The predicted molar refractivity (Wildman–Crippen MR) is 131 cm³/mol. The van der Waals surface area contributed by atoms with Gasteiger partial charge in [-0.25, -0.2) is 4.98 Å². The van der Waals surface area contributed by atoms with Crippen LogP contribution in [-0.2, 0) is 9.59 Å². The van der Waals surface area contributed by atoms with Crippen molar-refractivity contribution in [1.29, 1.82) is 0 Å². The summed E-state index contributed by atoms with van der Waals surface area (Å²) >= 11 is 0. The van der Waals surface area contributed by atoms with Crippen LogP contribution in [0.25, 0.3) is 22.2 Å². The number of pyridine rings is 1. The molecular weight excluding hydrogens is 448 g/mol. The molecule has 9 heteroatoms. The average Bonchev–Trinajstić information content (AvgIpc) is 3.62. The molecule has 1 heterocycles. The Morgan fingerprint density at radius 3 is 2.46 bits per heavy atom. The number of nitrogens with zero attached hydrogens (tertiary/aromatic N) is 1. The fourth-order valence-electron chi connectivity index (χ4n) is 3.88. The number of aromatic nitrogens is 1. The van der Waals surface area contributed by atoms with Crippen LogP contribution in [0.2, 0.25) is 0 Å². The third kappa shape index (κ3) is 5.51. The predicted octanol–water partition coefficient (Wildman–Crippen LogP) is 2.84. The highest BCUT2D eigenvalue weighted by molar-refractivity contribution is 6.07. The number of fused-ring (bicyclic) bond motifs is 1. The van der Waals surface area contributed by atoms with Crippen LogP contribution in [0, 0.1) is 11.8 Å². The van der Waals surface area contributed by atoms with Crippen molar-refractivity contribution in [2.45, 2.75) is 19.8 Å². The maximum Gasteiger partial charge on any atom is 0.270 e. The number of carbonyl (C=O) groups excluding carboxylic acids is 3. The van der Waals surface area contributed by atoms with Crippen molar-refractivity contribution >= 4 is 28.6 Å². The summed E-state index contributed by atoms with van der Waals surface area (Å²) in [7, 11) is 3.11. The fourth-order valence-corrected chi connectivity index (χ4v) is 3.88. The molecule has 2 unspecified atom stereocenters. The van der Waals surface area contributed by atoms with E-state index >= 15 is 0 Å². The molecular formula is C26H28N4O5. The van der Waals surface area contributed by atoms with Gasteiger partial charge in [0.15, 0.2) is 11.5 Å². The third-order valence-electron chi connectivity index (χ3n) is 6.05. The maximum absolute atomic E-state index is 13.0. The van der Waals surface area contributed by atoms with Crippen LogP contribution in [0.3, 0.4) is 0 Å². The Hall–Kier alpha value is -4.14. The molecule has 0 saturated heterocycles. The fraction of sp³-hybridized carbons (Fsp3) is 0.308. The number of rotatable bonds is 8. The van der Waals surface area contributed by atoms with Gasteiger partial charge in [0.1, 0.15) is 0 Å². The summed E-state index contributed by atoms with van der Waals surface area (Å²) in [5, 5.41) is 3.40. The summed E-state index contributed by atoms with van der Waals surface area (Å²) in [4.78, 5) is 41.8. The zero-order valence-corrected chi connectivity index (χ0v) is 19.9. The second-order valence-electron chi connectivity index (χ2n) is 8.50. The van der Waals surface area contributed by atoms with Crippen LogP contribution in [0.15, 0.2) is 48.5 Å². The first-order chi connectivity index (χ1) is 16.9. The van der Waals surface area contributed by atoms with Crippen molar-refractivity contribution in [1.82, 2.24) is 21.2 Å². The minimum absolute atomic E-state index is 0.0275. The second-order valence-corrected chi connectivity index (χ2v) is 8.50. The van der Waals surface area contributed by atoms with Gasteiger partial charge in [0, 0.05) is 29.8 Å². The van der Waals surface area contributed by atoms with E-state index in [1.165, 1.54) is 0 Å². The van der Waals surface area contributed by atoms with E-state index in [0.29, 0.717) is 39.6 Å². The van der Waals surface area contributed by atoms with Crippen LogP contribution >= 0.6 is 0 Å². The normalized spacial score (nSPS) is 16.3. The summed E-state index contributed by atoms with van der Waals surface area (Å²) in [5.74, 6) is 0.678. The maximum atomic E-state index is 13.0. The molecule has 182 valence electrons. The van der Waals surface area contributed by atoms with Gasteiger partial charge in [0.25, 0.3) is 5.91 Å². The highest BCUT2D eigenvalue weighted by Crippen LogP contribution is 2.37.